The lowest BCUT2D eigenvalue weighted by molar-refractivity contribution is 1.57. The van der Waals surface area contributed by atoms with E-state index in [0.717, 1.165) is 0 Å². The monoisotopic (exact) mass is 882 g/mol. The van der Waals surface area contributed by atoms with Crippen LogP contribution in [0.4, 0.5) is 0 Å². The molecule has 0 bridgehead atoms. The van der Waals surface area contributed by atoms with Crippen molar-refractivity contribution in [2.45, 2.75) is 0 Å². The van der Waals surface area contributed by atoms with Crippen LogP contribution in [0.3, 0.4) is 0 Å². The fourth-order valence-electron chi connectivity index (χ4n) is 12.4. The summed E-state index contributed by atoms with van der Waals surface area (Å²) in [5.41, 5.74) is 25.3. The van der Waals surface area contributed by atoms with E-state index in [4.69, 9.17) is 0 Å². The lowest BCUT2D eigenvalue weighted by Gasteiger charge is -2.23. The van der Waals surface area contributed by atoms with E-state index in [1.165, 1.54) is 154 Å². The fraction of sp³-hybridized carbons (Fsp3) is 0. The maximum absolute atomic E-state index is 2.48. The Kier molecular flexibility index (Phi) is 8.46. The van der Waals surface area contributed by atoms with Gasteiger partial charge in [-0.05, 0) is 173 Å². The second kappa shape index (κ2) is 15.2. The molecule has 2 aliphatic carbocycles. The standard InChI is InChI=1S/C70H42/c1-6-20-43(21-7-1)50-34-35-51(44-22-8-2-9-23-44)58(42-50)66-60-41-49-31-17-16-30-48(49)40-59(60)63(47-28-14-5-15-29-47)69-56-37-36-54-64-55(38-39-57(65(56)64)70(66)69)68-62(46-26-12-4-13-27-46)53-33-19-18-32-52(53)61(67(54)68)45-24-10-3-11-25-45/h1-42H. The van der Waals surface area contributed by atoms with Gasteiger partial charge in [0.2, 0.25) is 0 Å². The molecule has 0 nitrogen and oxygen atoms in total. The Labute approximate surface area is 407 Å². The summed E-state index contributed by atoms with van der Waals surface area (Å²) in [5.74, 6) is 0. The Morgan fingerprint density at radius 1 is 0.157 bits per heavy atom. The van der Waals surface area contributed by atoms with Gasteiger partial charge in [-0.3, -0.25) is 0 Å². The summed E-state index contributed by atoms with van der Waals surface area (Å²) in [4.78, 5) is 0. The quantitative estimate of drug-likeness (QED) is 0.146. The molecule has 0 aliphatic heterocycles. The molecule has 322 valence electrons. The average Bonchev–Trinajstić information content (AvgIpc) is 3.94. The van der Waals surface area contributed by atoms with Crippen molar-refractivity contribution in [2.75, 3.05) is 0 Å². The highest BCUT2D eigenvalue weighted by atomic mass is 14.4. The van der Waals surface area contributed by atoms with E-state index in [0.29, 0.717) is 0 Å². The number of hydrogen-bond donors (Lipinski definition) is 0. The second-order valence-corrected chi connectivity index (χ2v) is 19.0. The Balaban J connectivity index is 1.14. The smallest absolute Gasteiger partial charge is 0.000718 e. The molecule has 13 aromatic rings. The molecule has 0 heteroatoms. The highest BCUT2D eigenvalue weighted by Gasteiger charge is 2.37. The SMILES string of the molecule is c1ccc(-c2ccc(-c3ccccc3)c(-c3c4c(c(-c5ccccc5)c5cc6ccccc6cc35)-c3ccc5c6c(ccc-4c36)-c3c-5c(-c4ccccc4)c4ccccc4c3-c3ccccc3)c2)cc1. The van der Waals surface area contributed by atoms with Gasteiger partial charge in [-0.1, -0.05) is 237 Å². The van der Waals surface area contributed by atoms with Crippen LogP contribution >= 0.6 is 0 Å². The van der Waals surface area contributed by atoms with E-state index < -0.39 is 0 Å². The third kappa shape index (κ3) is 5.59. The first kappa shape index (κ1) is 38.9. The van der Waals surface area contributed by atoms with Gasteiger partial charge in [-0.15, -0.1) is 0 Å². The van der Waals surface area contributed by atoms with Crippen molar-refractivity contribution >= 4 is 43.1 Å². The summed E-state index contributed by atoms with van der Waals surface area (Å²) in [6.45, 7) is 0. The maximum atomic E-state index is 2.48. The van der Waals surface area contributed by atoms with Crippen LogP contribution in [-0.4, -0.2) is 0 Å². The summed E-state index contributed by atoms with van der Waals surface area (Å²) in [5, 5.41) is 10.2. The number of hydrogen-bond acceptors (Lipinski definition) is 0. The van der Waals surface area contributed by atoms with E-state index in [-0.39, 0.29) is 0 Å². The minimum Gasteiger partial charge on any atom is -0.0622 e. The third-order valence-corrected chi connectivity index (χ3v) is 15.3. The Morgan fingerprint density at radius 2 is 0.486 bits per heavy atom. The lowest BCUT2D eigenvalue weighted by atomic mass is 9.79. The van der Waals surface area contributed by atoms with Crippen LogP contribution in [0.2, 0.25) is 0 Å². The molecule has 0 unspecified atom stereocenters. The van der Waals surface area contributed by atoms with Crippen LogP contribution in [0.25, 0.3) is 154 Å². The van der Waals surface area contributed by atoms with Crippen LogP contribution in [-0.2, 0) is 0 Å². The van der Waals surface area contributed by atoms with Crippen LogP contribution in [0.15, 0.2) is 255 Å². The average molecular weight is 883 g/mol. The van der Waals surface area contributed by atoms with Crippen LogP contribution < -0.4 is 0 Å². The highest BCUT2D eigenvalue weighted by molar-refractivity contribution is 6.36. The number of fused-ring (bicyclic) bond motifs is 9. The van der Waals surface area contributed by atoms with Gasteiger partial charge in [0.05, 0.1) is 0 Å². The Bertz CT molecular complexity index is 4190. The molecule has 0 N–H and O–H groups in total. The Hall–Kier alpha value is -9.10. The summed E-state index contributed by atoms with van der Waals surface area (Å²) in [6.07, 6.45) is 0. The van der Waals surface area contributed by atoms with Gasteiger partial charge in [0.25, 0.3) is 0 Å². The molecule has 70 heavy (non-hydrogen) atoms. The summed E-state index contributed by atoms with van der Waals surface area (Å²) in [7, 11) is 0. The van der Waals surface area contributed by atoms with Crippen LogP contribution in [0.5, 0.6) is 0 Å². The van der Waals surface area contributed by atoms with Gasteiger partial charge in [0.15, 0.2) is 0 Å². The maximum Gasteiger partial charge on any atom is -0.000718 e. The molecule has 0 amide bonds. The first-order valence-electron chi connectivity index (χ1n) is 24.4. The van der Waals surface area contributed by atoms with Crippen LogP contribution in [0.1, 0.15) is 0 Å². The van der Waals surface area contributed by atoms with Gasteiger partial charge in [0, 0.05) is 0 Å². The molecule has 0 atom stereocenters. The molecule has 0 radical (unpaired) electrons. The van der Waals surface area contributed by atoms with Gasteiger partial charge < -0.3 is 0 Å². The summed E-state index contributed by atoms with van der Waals surface area (Å²) < 4.78 is 0. The summed E-state index contributed by atoms with van der Waals surface area (Å²) in [6, 6.07) is 95.1. The minimum absolute atomic E-state index is 1.20. The number of rotatable bonds is 6. The number of benzene rings is 13. The van der Waals surface area contributed by atoms with Crippen molar-refractivity contribution in [3.63, 3.8) is 0 Å². The summed E-state index contributed by atoms with van der Waals surface area (Å²) >= 11 is 0. The first-order chi connectivity index (χ1) is 34.8. The van der Waals surface area contributed by atoms with E-state index in [2.05, 4.69) is 255 Å². The van der Waals surface area contributed by atoms with E-state index >= 15 is 0 Å². The lowest BCUT2D eigenvalue weighted by Crippen LogP contribution is -1.96. The van der Waals surface area contributed by atoms with Crippen molar-refractivity contribution in [1.29, 1.82) is 0 Å². The van der Waals surface area contributed by atoms with Crippen LogP contribution in [0, 0.1) is 0 Å². The molecule has 0 heterocycles. The molecular formula is C70H42. The predicted octanol–water partition coefficient (Wildman–Crippen LogP) is 19.6. The Morgan fingerprint density at radius 3 is 0.929 bits per heavy atom. The minimum atomic E-state index is 1.20. The molecule has 2 aliphatic rings. The van der Waals surface area contributed by atoms with Gasteiger partial charge in [-0.25, -0.2) is 0 Å². The largest absolute Gasteiger partial charge is 0.0622 e. The molecule has 0 fully saturated rings. The van der Waals surface area contributed by atoms with Crippen molar-refractivity contribution < 1.29 is 0 Å². The predicted molar refractivity (Wildman–Crippen MR) is 298 cm³/mol. The van der Waals surface area contributed by atoms with E-state index in [1.807, 2.05) is 0 Å². The molecule has 0 saturated carbocycles. The van der Waals surface area contributed by atoms with E-state index in [9.17, 15) is 0 Å². The fourth-order valence-corrected chi connectivity index (χ4v) is 12.4. The molecule has 15 rings (SSSR count). The first-order valence-corrected chi connectivity index (χ1v) is 24.4. The van der Waals surface area contributed by atoms with Gasteiger partial charge in [-0.2, -0.15) is 0 Å². The second-order valence-electron chi connectivity index (χ2n) is 19.0. The van der Waals surface area contributed by atoms with Gasteiger partial charge >= 0.3 is 0 Å². The van der Waals surface area contributed by atoms with Crippen molar-refractivity contribution in [1.82, 2.24) is 0 Å². The zero-order chi connectivity index (χ0) is 45.9. The molecule has 0 spiro atoms. The van der Waals surface area contributed by atoms with E-state index in [1.54, 1.807) is 0 Å². The van der Waals surface area contributed by atoms with Gasteiger partial charge in [0.1, 0.15) is 0 Å². The van der Waals surface area contributed by atoms with Crippen molar-refractivity contribution in [2.24, 2.45) is 0 Å². The normalized spacial score (nSPS) is 12.0. The zero-order valence-electron chi connectivity index (χ0n) is 38.2. The molecular weight excluding hydrogens is 841 g/mol. The van der Waals surface area contributed by atoms with Crippen molar-refractivity contribution in [3.8, 4) is 111 Å². The highest BCUT2D eigenvalue weighted by Crippen LogP contribution is 2.65. The molecule has 13 aromatic carbocycles. The molecule has 0 saturated heterocycles. The zero-order valence-corrected chi connectivity index (χ0v) is 38.2. The topological polar surface area (TPSA) is 0 Å². The third-order valence-electron chi connectivity index (χ3n) is 15.3. The van der Waals surface area contributed by atoms with Crippen molar-refractivity contribution in [3.05, 3.63) is 255 Å². The molecule has 0 aromatic heterocycles.